The van der Waals surface area contributed by atoms with Gasteiger partial charge in [0.1, 0.15) is 18.1 Å². The zero-order chi connectivity index (χ0) is 15.0. The lowest BCUT2D eigenvalue weighted by atomic mass is 10.0. The van der Waals surface area contributed by atoms with Gasteiger partial charge in [-0.15, -0.1) is 36.6 Å². The lowest BCUT2D eigenvalue weighted by Crippen LogP contribution is -2.20. The lowest BCUT2D eigenvalue weighted by molar-refractivity contribution is -0.138. The fourth-order valence-corrected chi connectivity index (χ4v) is 1.94. The van der Waals surface area contributed by atoms with Gasteiger partial charge in [-0.05, 0) is 17.7 Å². The number of nitrogens with zero attached hydrogens (tertiary/aromatic N) is 2. The number of carbonyl (C=O) groups is 1. The van der Waals surface area contributed by atoms with Crippen molar-refractivity contribution < 1.29 is 15.0 Å². The number of phenols is 1. The zero-order valence-corrected chi connectivity index (χ0v) is 13.7. The number of nitrogens with one attached hydrogen (secondary N) is 1. The maximum absolute atomic E-state index is 10.8. The van der Waals surface area contributed by atoms with E-state index in [1.807, 2.05) is 0 Å². The third kappa shape index (κ3) is 7.36. The predicted octanol–water partition coefficient (Wildman–Crippen LogP) is 0.988. The Morgan fingerprint density at radius 1 is 1.45 bits per heavy atom. The summed E-state index contributed by atoms with van der Waals surface area (Å²) in [5, 5.41) is 25.5. The molecule has 8 nitrogen and oxygen atoms in total. The molecule has 0 aliphatic carbocycles. The fraction of sp³-hybridized carbons (Fsp3) is 0.182. The van der Waals surface area contributed by atoms with Crippen molar-refractivity contribution >= 4 is 54.4 Å². The predicted molar refractivity (Wildman–Crippen MR) is 92.8 cm³/mol. The normalized spacial score (nSPS) is 11.7. The van der Waals surface area contributed by atoms with Crippen LogP contribution in [0.5, 0.6) is 5.75 Å². The summed E-state index contributed by atoms with van der Waals surface area (Å²) in [5.74, 6) is 4.22. The average molecular weight is 370 g/mol. The number of carboxylic acids is 1. The van der Waals surface area contributed by atoms with E-state index in [4.69, 9.17) is 16.7 Å². The monoisotopic (exact) mass is 369 g/mol. The third-order valence-corrected chi connectivity index (χ3v) is 3.03. The summed E-state index contributed by atoms with van der Waals surface area (Å²) >= 11 is 1.29. The van der Waals surface area contributed by atoms with E-state index in [1.54, 1.807) is 6.07 Å². The van der Waals surface area contributed by atoms with Crippen molar-refractivity contribution in [2.24, 2.45) is 21.8 Å². The average Bonchev–Trinajstić information content (AvgIpc) is 2.43. The topological polar surface area (TPSA) is 146 Å². The summed E-state index contributed by atoms with van der Waals surface area (Å²) in [4.78, 5) is 10.8. The molecule has 0 aliphatic rings. The van der Waals surface area contributed by atoms with Crippen molar-refractivity contribution in [3.8, 4) is 5.75 Å². The van der Waals surface area contributed by atoms with Gasteiger partial charge in [0.15, 0.2) is 0 Å². The van der Waals surface area contributed by atoms with Crippen LogP contribution >= 0.6 is 36.6 Å². The number of thioether (sulfide) groups is 1. The minimum atomic E-state index is -1.12. The molecule has 0 fully saturated rings. The minimum absolute atomic E-state index is 0. The van der Waals surface area contributed by atoms with Crippen LogP contribution in [0.2, 0.25) is 0 Å². The molecule has 0 saturated carbocycles. The highest BCUT2D eigenvalue weighted by Gasteiger charge is 2.15. The first kappa shape index (κ1) is 22.6. The van der Waals surface area contributed by atoms with Crippen molar-refractivity contribution in [2.45, 2.75) is 11.8 Å². The smallest absolute Gasteiger partial charge is 0.325 e. The van der Waals surface area contributed by atoms with Gasteiger partial charge in [0.05, 0.1) is 5.55 Å². The Hall–Kier alpha value is -1.68. The van der Waals surface area contributed by atoms with Crippen LogP contribution in [0, 0.1) is 0 Å². The van der Waals surface area contributed by atoms with Crippen LogP contribution in [-0.4, -0.2) is 28.1 Å². The molecule has 7 N–H and O–H groups in total. The Labute approximate surface area is 143 Å². The molecule has 0 aliphatic heterocycles. The van der Waals surface area contributed by atoms with Gasteiger partial charge >= 0.3 is 5.97 Å². The molecule has 1 unspecified atom stereocenters. The van der Waals surface area contributed by atoms with Crippen molar-refractivity contribution in [1.29, 1.82) is 0 Å². The van der Waals surface area contributed by atoms with Gasteiger partial charge in [-0.3, -0.25) is 10.2 Å². The Bertz CT molecular complexity index is 530. The first-order valence-electron chi connectivity index (χ1n) is 5.46. The van der Waals surface area contributed by atoms with Crippen molar-refractivity contribution in [1.82, 2.24) is 5.43 Å². The summed E-state index contributed by atoms with van der Waals surface area (Å²) in [6.45, 7) is 0. The zero-order valence-electron chi connectivity index (χ0n) is 11.2. The fourth-order valence-electron chi connectivity index (χ4n) is 1.32. The molecule has 22 heavy (non-hydrogen) atoms. The summed E-state index contributed by atoms with van der Waals surface area (Å²) < 4.78 is 0. The van der Waals surface area contributed by atoms with E-state index in [-0.39, 0.29) is 30.6 Å². The van der Waals surface area contributed by atoms with E-state index >= 15 is 0 Å². The molecule has 0 aromatic heterocycles. The highest BCUT2D eigenvalue weighted by Crippen LogP contribution is 2.25. The van der Waals surface area contributed by atoms with E-state index in [0.717, 1.165) is 0 Å². The molecule has 1 aromatic rings. The number of aromatic hydroxyl groups is 1. The number of halogens is 2. The van der Waals surface area contributed by atoms with Crippen LogP contribution in [-0.2, 0) is 10.5 Å². The van der Waals surface area contributed by atoms with E-state index in [9.17, 15) is 9.90 Å². The first-order chi connectivity index (χ1) is 9.56. The summed E-state index contributed by atoms with van der Waals surface area (Å²) in [6, 6.07) is 3.35. The largest absolute Gasteiger partial charge is 0.508 e. The van der Waals surface area contributed by atoms with Gasteiger partial charge < -0.3 is 21.8 Å². The van der Waals surface area contributed by atoms with Crippen LogP contribution in [0.4, 0.5) is 0 Å². The van der Waals surface area contributed by atoms with Crippen LogP contribution in [0.3, 0.4) is 0 Å². The molecular weight excluding hydrogens is 353 g/mol. The SMILES string of the molecule is Cl.Cl.NN=CNN=CSCc1cc(C(N)C(=O)O)ccc1O. The van der Waals surface area contributed by atoms with Crippen LogP contribution < -0.4 is 17.0 Å². The maximum atomic E-state index is 10.8. The van der Waals surface area contributed by atoms with Gasteiger partial charge in [-0.25, -0.2) is 0 Å². The molecule has 124 valence electrons. The van der Waals surface area contributed by atoms with Crippen molar-refractivity contribution in [3.05, 3.63) is 29.3 Å². The van der Waals surface area contributed by atoms with E-state index in [1.165, 1.54) is 35.8 Å². The molecule has 0 saturated heterocycles. The van der Waals surface area contributed by atoms with Gasteiger partial charge in [0.25, 0.3) is 0 Å². The summed E-state index contributed by atoms with van der Waals surface area (Å²) in [7, 11) is 0. The molecule has 0 heterocycles. The number of benzene rings is 1. The number of hydrazone groups is 2. The van der Waals surface area contributed by atoms with Gasteiger partial charge in [-0.1, -0.05) is 6.07 Å². The number of hydrogen-bond donors (Lipinski definition) is 5. The van der Waals surface area contributed by atoms with Gasteiger partial charge in [0, 0.05) is 11.3 Å². The Kier molecular flexibility index (Phi) is 12.2. The van der Waals surface area contributed by atoms with Crippen LogP contribution in [0.15, 0.2) is 28.4 Å². The third-order valence-electron chi connectivity index (χ3n) is 2.30. The molecular formula is C11H17Cl2N5O3S. The van der Waals surface area contributed by atoms with Crippen molar-refractivity contribution in [2.75, 3.05) is 0 Å². The summed E-state index contributed by atoms with van der Waals surface area (Å²) in [6.07, 6.45) is 1.21. The molecule has 1 aromatic carbocycles. The van der Waals surface area contributed by atoms with Gasteiger partial charge in [0.2, 0.25) is 0 Å². The number of rotatable bonds is 7. The maximum Gasteiger partial charge on any atom is 0.325 e. The quantitative estimate of drug-likeness (QED) is 0.208. The van der Waals surface area contributed by atoms with E-state index in [0.29, 0.717) is 16.9 Å². The Balaban J connectivity index is 0. The molecule has 1 atom stereocenters. The van der Waals surface area contributed by atoms with Crippen molar-refractivity contribution in [3.63, 3.8) is 0 Å². The number of carboxylic acid groups (broad SMARTS) is 1. The number of nitrogens with two attached hydrogens (primary N) is 2. The molecule has 0 radical (unpaired) electrons. The second kappa shape index (κ2) is 11.9. The molecule has 0 amide bonds. The minimum Gasteiger partial charge on any atom is -0.508 e. The van der Waals surface area contributed by atoms with Gasteiger partial charge in [-0.2, -0.15) is 10.2 Å². The standard InChI is InChI=1S/C11H15N5O3S.2ClH/c12-10(11(18)19)7-1-2-9(17)8(3-7)4-20-6-16-15-5-14-13;;/h1-3,5-6,10,17H,4,12-13H2,(H,14,15)(H,18,19);2*1H. The highest BCUT2D eigenvalue weighted by atomic mass is 35.5. The second-order valence-electron chi connectivity index (χ2n) is 3.66. The van der Waals surface area contributed by atoms with E-state index < -0.39 is 12.0 Å². The Morgan fingerprint density at radius 3 is 2.73 bits per heavy atom. The summed E-state index contributed by atoms with van der Waals surface area (Å²) in [5.41, 5.74) is 10.5. The van der Waals surface area contributed by atoms with E-state index in [2.05, 4.69) is 15.6 Å². The lowest BCUT2D eigenvalue weighted by Gasteiger charge is -2.10. The number of phenolic OH excluding ortho intramolecular Hbond substituents is 1. The second-order valence-corrected chi connectivity index (χ2v) is 4.49. The van der Waals surface area contributed by atoms with Crippen LogP contribution in [0.25, 0.3) is 0 Å². The highest BCUT2D eigenvalue weighted by molar-refractivity contribution is 8.11. The molecule has 11 heteroatoms. The van der Waals surface area contributed by atoms with Crippen LogP contribution in [0.1, 0.15) is 17.2 Å². The molecule has 0 bridgehead atoms. The molecule has 1 rings (SSSR count). The Morgan fingerprint density at radius 2 is 2.14 bits per heavy atom. The molecule has 0 spiro atoms. The first-order valence-corrected chi connectivity index (χ1v) is 6.51. The number of aliphatic carboxylic acids is 1. The number of hydrogen-bond acceptors (Lipinski definition) is 7.